The Balaban J connectivity index is 2.36. The zero-order chi connectivity index (χ0) is 14.2. The number of nitrogens with zero attached hydrogens (tertiary/aromatic N) is 2. The first-order chi connectivity index (χ1) is 8.81. The summed E-state index contributed by atoms with van der Waals surface area (Å²) in [5.41, 5.74) is 0.199. The van der Waals surface area contributed by atoms with Crippen LogP contribution in [0.5, 0.6) is 5.75 Å². The third-order valence-corrected chi connectivity index (χ3v) is 4.46. The quantitative estimate of drug-likeness (QED) is 0.849. The maximum Gasteiger partial charge on any atom is 0.282 e. The average molecular weight is 322 g/mol. The van der Waals surface area contributed by atoms with Crippen LogP contribution < -0.4 is 4.72 Å². The molecule has 1 aromatic heterocycles. The minimum Gasteiger partial charge on any atom is -0.506 e. The van der Waals surface area contributed by atoms with Crippen molar-refractivity contribution in [3.05, 3.63) is 34.7 Å². The van der Waals surface area contributed by atoms with Crippen LogP contribution in [-0.2, 0) is 17.1 Å². The minimum absolute atomic E-state index is 0.00243. The summed E-state index contributed by atoms with van der Waals surface area (Å²) in [6, 6.07) is 3.93. The van der Waals surface area contributed by atoms with E-state index in [1.165, 1.54) is 29.1 Å². The van der Waals surface area contributed by atoms with Crippen molar-refractivity contribution in [2.75, 3.05) is 4.72 Å². The molecular weight excluding hydrogens is 313 g/mol. The smallest absolute Gasteiger partial charge is 0.282 e. The number of sulfonamides is 1. The number of hydrogen-bond donors (Lipinski definition) is 2. The molecule has 2 aromatic rings. The van der Waals surface area contributed by atoms with Gasteiger partial charge in [0.05, 0.1) is 17.0 Å². The molecule has 0 radical (unpaired) electrons. The lowest BCUT2D eigenvalue weighted by Crippen LogP contribution is -2.14. The molecule has 0 atom stereocenters. The summed E-state index contributed by atoms with van der Waals surface area (Å²) in [6.45, 7) is 0. The van der Waals surface area contributed by atoms with Gasteiger partial charge in [0.2, 0.25) is 5.03 Å². The SMILES string of the molecule is Cn1cnc(S(=O)(=O)Nc2ccc(O)c(Cl)c2)c1Cl. The highest BCUT2D eigenvalue weighted by Gasteiger charge is 2.22. The lowest BCUT2D eigenvalue weighted by molar-refractivity contribution is 0.475. The molecule has 2 N–H and O–H groups in total. The van der Waals surface area contributed by atoms with E-state index in [1.807, 2.05) is 0 Å². The maximum atomic E-state index is 12.1. The summed E-state index contributed by atoms with van der Waals surface area (Å²) in [7, 11) is -2.33. The topological polar surface area (TPSA) is 84.2 Å². The Morgan fingerprint density at radius 1 is 1.37 bits per heavy atom. The lowest BCUT2D eigenvalue weighted by Gasteiger charge is -2.07. The predicted molar refractivity (Wildman–Crippen MR) is 72.1 cm³/mol. The van der Waals surface area contributed by atoms with Crippen LogP contribution in [0.3, 0.4) is 0 Å². The molecule has 0 aliphatic carbocycles. The number of halogens is 2. The first-order valence-corrected chi connectivity index (χ1v) is 7.23. The highest BCUT2D eigenvalue weighted by molar-refractivity contribution is 7.92. The molecule has 0 aliphatic rings. The summed E-state index contributed by atoms with van der Waals surface area (Å²) in [4.78, 5) is 3.72. The van der Waals surface area contributed by atoms with Crippen LogP contribution in [0.25, 0.3) is 0 Å². The number of aromatic hydroxyl groups is 1. The van der Waals surface area contributed by atoms with Crippen LogP contribution in [-0.4, -0.2) is 23.1 Å². The summed E-state index contributed by atoms with van der Waals surface area (Å²) >= 11 is 11.5. The average Bonchev–Trinajstić information content (AvgIpc) is 2.65. The third-order valence-electron chi connectivity index (χ3n) is 2.29. The van der Waals surface area contributed by atoms with E-state index in [0.717, 1.165) is 0 Å². The minimum atomic E-state index is -3.91. The Kier molecular flexibility index (Phi) is 3.62. The Labute approximate surface area is 119 Å². The molecule has 6 nitrogen and oxygen atoms in total. The van der Waals surface area contributed by atoms with E-state index >= 15 is 0 Å². The molecule has 102 valence electrons. The molecular formula is C10H9Cl2N3O3S. The Bertz CT molecular complexity index is 728. The molecule has 0 aliphatic heterocycles. The van der Waals surface area contributed by atoms with Crippen molar-refractivity contribution in [3.8, 4) is 5.75 Å². The van der Waals surface area contributed by atoms with Gasteiger partial charge in [0.1, 0.15) is 10.9 Å². The van der Waals surface area contributed by atoms with E-state index in [0.29, 0.717) is 0 Å². The van der Waals surface area contributed by atoms with Crippen LogP contribution in [0.1, 0.15) is 0 Å². The molecule has 0 saturated carbocycles. The molecule has 0 spiro atoms. The fourth-order valence-corrected chi connectivity index (χ4v) is 3.01. The van der Waals surface area contributed by atoms with Gasteiger partial charge in [-0.05, 0) is 18.2 Å². The van der Waals surface area contributed by atoms with Gasteiger partial charge in [-0.3, -0.25) is 4.72 Å². The fraction of sp³-hybridized carbons (Fsp3) is 0.100. The van der Waals surface area contributed by atoms with Gasteiger partial charge in [0.25, 0.3) is 10.0 Å². The van der Waals surface area contributed by atoms with Gasteiger partial charge >= 0.3 is 0 Å². The molecule has 0 amide bonds. The van der Waals surface area contributed by atoms with E-state index < -0.39 is 10.0 Å². The number of nitrogens with one attached hydrogen (secondary N) is 1. The van der Waals surface area contributed by atoms with Gasteiger partial charge in [-0.15, -0.1) is 0 Å². The molecule has 0 bridgehead atoms. The van der Waals surface area contributed by atoms with Crippen LogP contribution in [0, 0.1) is 0 Å². The van der Waals surface area contributed by atoms with Crippen LogP contribution in [0.4, 0.5) is 5.69 Å². The number of phenols is 1. The number of anilines is 1. The van der Waals surface area contributed by atoms with E-state index in [9.17, 15) is 13.5 Å². The van der Waals surface area contributed by atoms with Gasteiger partial charge in [0, 0.05) is 7.05 Å². The molecule has 9 heteroatoms. The van der Waals surface area contributed by atoms with Crippen molar-refractivity contribution in [1.82, 2.24) is 9.55 Å². The number of aryl methyl sites for hydroxylation is 1. The summed E-state index contributed by atoms with van der Waals surface area (Å²) in [5, 5.41) is 9.02. The zero-order valence-electron chi connectivity index (χ0n) is 9.63. The van der Waals surface area contributed by atoms with Gasteiger partial charge in [0.15, 0.2) is 0 Å². The molecule has 0 saturated heterocycles. The van der Waals surface area contributed by atoms with Gasteiger partial charge in [-0.1, -0.05) is 23.2 Å². The number of hydrogen-bond acceptors (Lipinski definition) is 4. The van der Waals surface area contributed by atoms with E-state index in [4.69, 9.17) is 23.2 Å². The summed E-state index contributed by atoms with van der Waals surface area (Å²) in [5.74, 6) is -0.138. The zero-order valence-corrected chi connectivity index (χ0v) is 12.0. The standard InChI is InChI=1S/C10H9Cl2N3O3S/c1-15-5-13-10(9(15)12)19(17,18)14-6-2-3-8(16)7(11)4-6/h2-5,14,16H,1H3. The normalized spacial score (nSPS) is 11.5. The second kappa shape index (κ2) is 4.92. The van der Waals surface area contributed by atoms with Crippen molar-refractivity contribution >= 4 is 38.9 Å². The monoisotopic (exact) mass is 321 g/mol. The first kappa shape index (κ1) is 14.0. The van der Waals surface area contributed by atoms with Gasteiger partial charge in [-0.25, -0.2) is 4.98 Å². The van der Waals surface area contributed by atoms with Gasteiger partial charge in [-0.2, -0.15) is 8.42 Å². The second-order valence-corrected chi connectivity index (χ2v) is 6.09. The van der Waals surface area contributed by atoms with Gasteiger partial charge < -0.3 is 9.67 Å². The van der Waals surface area contributed by atoms with E-state index in [2.05, 4.69) is 9.71 Å². The first-order valence-electron chi connectivity index (χ1n) is 4.99. The van der Waals surface area contributed by atoms with Crippen molar-refractivity contribution in [2.24, 2.45) is 7.05 Å². The number of phenolic OH excluding ortho intramolecular Hbond substituents is 1. The second-order valence-electron chi connectivity index (χ2n) is 3.72. The molecule has 2 rings (SSSR count). The van der Waals surface area contributed by atoms with Crippen molar-refractivity contribution in [1.29, 1.82) is 0 Å². The van der Waals surface area contributed by atoms with Crippen LogP contribution in [0.15, 0.2) is 29.6 Å². The highest BCUT2D eigenvalue weighted by Crippen LogP contribution is 2.28. The number of rotatable bonds is 3. The predicted octanol–water partition coefficient (Wildman–Crippen LogP) is 2.23. The molecule has 1 heterocycles. The Morgan fingerprint density at radius 2 is 2.05 bits per heavy atom. The molecule has 1 aromatic carbocycles. The van der Waals surface area contributed by atoms with Crippen LogP contribution >= 0.6 is 23.2 Å². The van der Waals surface area contributed by atoms with E-state index in [-0.39, 0.29) is 26.6 Å². The fourth-order valence-electron chi connectivity index (χ4n) is 1.35. The summed E-state index contributed by atoms with van der Waals surface area (Å²) < 4.78 is 27.8. The van der Waals surface area contributed by atoms with Crippen molar-refractivity contribution < 1.29 is 13.5 Å². The third kappa shape index (κ3) is 2.78. The van der Waals surface area contributed by atoms with Crippen molar-refractivity contribution in [3.63, 3.8) is 0 Å². The number of benzene rings is 1. The summed E-state index contributed by atoms with van der Waals surface area (Å²) in [6.07, 6.45) is 1.29. The molecule has 0 unspecified atom stereocenters. The van der Waals surface area contributed by atoms with Crippen LogP contribution in [0.2, 0.25) is 10.2 Å². The highest BCUT2D eigenvalue weighted by atomic mass is 35.5. The number of imidazole rings is 1. The Morgan fingerprint density at radius 3 is 2.58 bits per heavy atom. The molecule has 0 fully saturated rings. The van der Waals surface area contributed by atoms with Crippen molar-refractivity contribution in [2.45, 2.75) is 5.03 Å². The number of aromatic nitrogens is 2. The van der Waals surface area contributed by atoms with E-state index in [1.54, 1.807) is 7.05 Å². The molecule has 19 heavy (non-hydrogen) atoms. The maximum absolute atomic E-state index is 12.1. The Hall–Kier alpha value is -1.44. The largest absolute Gasteiger partial charge is 0.506 e. The lowest BCUT2D eigenvalue weighted by atomic mass is 10.3.